The van der Waals surface area contributed by atoms with Gasteiger partial charge in [-0.1, -0.05) is 12.1 Å². The van der Waals surface area contributed by atoms with Crippen molar-refractivity contribution >= 4 is 11.6 Å². The Labute approximate surface area is 107 Å². The molecule has 0 spiro atoms. The monoisotopic (exact) mass is 249 g/mol. The van der Waals surface area contributed by atoms with Gasteiger partial charge >= 0.3 is 0 Å². The van der Waals surface area contributed by atoms with Gasteiger partial charge in [0, 0.05) is 19.6 Å². The van der Waals surface area contributed by atoms with Crippen molar-refractivity contribution in [1.82, 2.24) is 10.2 Å². The third kappa shape index (κ3) is 3.63. The maximum absolute atomic E-state index is 11.2. The van der Waals surface area contributed by atoms with Gasteiger partial charge in [-0.3, -0.25) is 9.69 Å². The molecule has 1 fully saturated rings. The summed E-state index contributed by atoms with van der Waals surface area (Å²) in [7, 11) is 0. The smallest absolute Gasteiger partial charge is 0.234 e. The van der Waals surface area contributed by atoms with E-state index >= 15 is 0 Å². The van der Waals surface area contributed by atoms with E-state index < -0.39 is 0 Å². The van der Waals surface area contributed by atoms with E-state index in [0.717, 1.165) is 31.8 Å². The lowest BCUT2D eigenvalue weighted by atomic mass is 10.3. The Kier molecular flexibility index (Phi) is 4.41. The first-order chi connectivity index (χ1) is 8.75. The summed E-state index contributed by atoms with van der Waals surface area (Å²) in [5.41, 5.74) is 6.44. The van der Waals surface area contributed by atoms with Crippen molar-refractivity contribution in [2.45, 2.75) is 6.42 Å². The molecule has 0 bridgehead atoms. The molecule has 98 valence electrons. The van der Waals surface area contributed by atoms with Crippen LogP contribution in [0.3, 0.4) is 0 Å². The third-order valence-electron chi connectivity index (χ3n) is 2.91. The number of carbonyl (C=O) groups excluding carboxylic acids is 1. The number of carbonyl (C=O) groups is 1. The lowest BCUT2D eigenvalue weighted by molar-refractivity contribution is -0.124. The molecule has 5 heteroatoms. The van der Waals surface area contributed by atoms with E-state index in [1.807, 2.05) is 24.3 Å². The Morgan fingerprint density at radius 3 is 3.00 bits per heavy atom. The van der Waals surface area contributed by atoms with E-state index in [1.165, 1.54) is 0 Å². The van der Waals surface area contributed by atoms with Crippen LogP contribution in [0.15, 0.2) is 24.3 Å². The maximum Gasteiger partial charge on any atom is 0.234 e. The molecule has 0 radical (unpaired) electrons. The zero-order valence-corrected chi connectivity index (χ0v) is 10.4. The van der Waals surface area contributed by atoms with E-state index in [1.54, 1.807) is 0 Å². The molecule has 1 aliphatic rings. The highest BCUT2D eigenvalue weighted by Crippen LogP contribution is 2.19. The molecule has 1 aromatic carbocycles. The molecule has 1 heterocycles. The minimum absolute atomic E-state index is 0.106. The molecular formula is C13H19N3O2. The number of ether oxygens (including phenoxy) is 1. The largest absolute Gasteiger partial charge is 0.491 e. The lowest BCUT2D eigenvalue weighted by Crippen LogP contribution is -2.47. The highest BCUT2D eigenvalue weighted by Gasteiger charge is 2.14. The van der Waals surface area contributed by atoms with Crippen LogP contribution in [0.4, 0.5) is 5.69 Å². The van der Waals surface area contributed by atoms with Crippen molar-refractivity contribution in [2.24, 2.45) is 0 Å². The Hall–Kier alpha value is -1.75. The quantitative estimate of drug-likeness (QED) is 0.588. The van der Waals surface area contributed by atoms with Gasteiger partial charge in [-0.25, -0.2) is 0 Å². The van der Waals surface area contributed by atoms with Gasteiger partial charge in [0.25, 0.3) is 0 Å². The van der Waals surface area contributed by atoms with Gasteiger partial charge in [-0.15, -0.1) is 0 Å². The fourth-order valence-corrected chi connectivity index (χ4v) is 1.96. The molecular weight excluding hydrogens is 230 g/mol. The molecule has 0 aromatic heterocycles. The van der Waals surface area contributed by atoms with Crippen LogP contribution < -0.4 is 15.8 Å². The minimum Gasteiger partial charge on any atom is -0.491 e. The number of para-hydroxylation sites is 2. The fourth-order valence-electron chi connectivity index (χ4n) is 1.96. The summed E-state index contributed by atoms with van der Waals surface area (Å²) in [6, 6.07) is 7.48. The molecule has 1 saturated heterocycles. The highest BCUT2D eigenvalue weighted by atomic mass is 16.5. The van der Waals surface area contributed by atoms with Crippen LogP contribution in [-0.4, -0.2) is 43.6 Å². The van der Waals surface area contributed by atoms with Crippen LogP contribution in [0.25, 0.3) is 0 Å². The van der Waals surface area contributed by atoms with E-state index in [0.29, 0.717) is 18.8 Å². The standard InChI is InChI=1S/C13H19N3O2/c14-11-4-1-2-5-12(11)18-9-3-7-16-8-6-15-13(17)10-16/h1-2,4-5H,3,6-10,14H2,(H,15,17). The highest BCUT2D eigenvalue weighted by molar-refractivity contribution is 5.78. The number of nitrogen functional groups attached to an aromatic ring is 1. The van der Waals surface area contributed by atoms with Crippen molar-refractivity contribution in [3.63, 3.8) is 0 Å². The van der Waals surface area contributed by atoms with E-state index in [4.69, 9.17) is 10.5 Å². The number of piperazine rings is 1. The van der Waals surface area contributed by atoms with Gasteiger partial charge in [0.15, 0.2) is 0 Å². The average Bonchev–Trinajstić information content (AvgIpc) is 2.37. The molecule has 1 aromatic rings. The number of hydrogen-bond acceptors (Lipinski definition) is 4. The molecule has 5 nitrogen and oxygen atoms in total. The number of benzene rings is 1. The summed E-state index contributed by atoms with van der Waals surface area (Å²) in [6.45, 7) is 3.64. The first-order valence-corrected chi connectivity index (χ1v) is 6.22. The van der Waals surface area contributed by atoms with Crippen LogP contribution >= 0.6 is 0 Å². The fraction of sp³-hybridized carbons (Fsp3) is 0.462. The van der Waals surface area contributed by atoms with Crippen LogP contribution in [-0.2, 0) is 4.79 Å². The molecule has 0 atom stereocenters. The predicted molar refractivity (Wildman–Crippen MR) is 70.4 cm³/mol. The second kappa shape index (κ2) is 6.26. The zero-order valence-electron chi connectivity index (χ0n) is 10.4. The van der Waals surface area contributed by atoms with Crippen molar-refractivity contribution in [1.29, 1.82) is 0 Å². The summed E-state index contributed by atoms with van der Waals surface area (Å²) in [6.07, 6.45) is 0.890. The number of anilines is 1. The average molecular weight is 249 g/mol. The summed E-state index contributed by atoms with van der Waals surface area (Å²) >= 11 is 0. The first kappa shape index (κ1) is 12.7. The second-order valence-corrected chi connectivity index (χ2v) is 4.37. The van der Waals surface area contributed by atoms with Gasteiger partial charge < -0.3 is 15.8 Å². The van der Waals surface area contributed by atoms with E-state index in [-0.39, 0.29) is 5.91 Å². The third-order valence-corrected chi connectivity index (χ3v) is 2.91. The molecule has 18 heavy (non-hydrogen) atoms. The molecule has 0 saturated carbocycles. The molecule has 0 unspecified atom stereocenters. The van der Waals surface area contributed by atoms with Crippen molar-refractivity contribution in [3.8, 4) is 5.75 Å². The van der Waals surface area contributed by atoms with Crippen LogP contribution in [0.1, 0.15) is 6.42 Å². The van der Waals surface area contributed by atoms with Gasteiger partial charge in [0.2, 0.25) is 5.91 Å². The molecule has 3 N–H and O–H groups in total. The Bertz CT molecular complexity index is 409. The number of hydrogen-bond donors (Lipinski definition) is 2. The minimum atomic E-state index is 0.106. The predicted octanol–water partition coefficient (Wildman–Crippen LogP) is 0.470. The maximum atomic E-state index is 11.2. The topological polar surface area (TPSA) is 67.6 Å². The van der Waals surface area contributed by atoms with E-state index in [9.17, 15) is 4.79 Å². The zero-order chi connectivity index (χ0) is 12.8. The summed E-state index contributed by atoms with van der Waals surface area (Å²) < 4.78 is 5.60. The lowest BCUT2D eigenvalue weighted by Gasteiger charge is -2.26. The SMILES string of the molecule is Nc1ccccc1OCCCN1CCNC(=O)C1. The van der Waals surface area contributed by atoms with Crippen LogP contribution in [0.2, 0.25) is 0 Å². The van der Waals surface area contributed by atoms with Gasteiger partial charge in [0.1, 0.15) is 5.75 Å². The molecule has 1 amide bonds. The molecule has 0 aliphatic carbocycles. The van der Waals surface area contributed by atoms with Crippen LogP contribution in [0, 0.1) is 0 Å². The van der Waals surface area contributed by atoms with Crippen LogP contribution in [0.5, 0.6) is 5.75 Å². The normalized spacial score (nSPS) is 16.3. The van der Waals surface area contributed by atoms with E-state index in [2.05, 4.69) is 10.2 Å². The Morgan fingerprint density at radius 1 is 1.39 bits per heavy atom. The molecule has 2 rings (SSSR count). The van der Waals surface area contributed by atoms with Crippen molar-refractivity contribution < 1.29 is 9.53 Å². The van der Waals surface area contributed by atoms with Gasteiger partial charge in [-0.2, -0.15) is 0 Å². The first-order valence-electron chi connectivity index (χ1n) is 6.22. The summed E-state index contributed by atoms with van der Waals surface area (Å²) in [5.74, 6) is 0.836. The summed E-state index contributed by atoms with van der Waals surface area (Å²) in [4.78, 5) is 13.3. The van der Waals surface area contributed by atoms with Gasteiger partial charge in [-0.05, 0) is 18.6 Å². The number of amides is 1. The summed E-state index contributed by atoms with van der Waals surface area (Å²) in [5, 5.41) is 2.81. The molecule has 1 aliphatic heterocycles. The van der Waals surface area contributed by atoms with Crippen molar-refractivity contribution in [2.75, 3.05) is 38.5 Å². The number of nitrogens with zero attached hydrogens (tertiary/aromatic N) is 1. The second-order valence-electron chi connectivity index (χ2n) is 4.37. The number of nitrogens with one attached hydrogen (secondary N) is 1. The Balaban J connectivity index is 1.67. The van der Waals surface area contributed by atoms with Gasteiger partial charge in [0.05, 0.1) is 18.8 Å². The van der Waals surface area contributed by atoms with Crippen molar-refractivity contribution in [3.05, 3.63) is 24.3 Å². The number of rotatable bonds is 5. The number of nitrogens with two attached hydrogens (primary N) is 1. The Morgan fingerprint density at radius 2 is 2.22 bits per heavy atom.